The largest absolute Gasteiger partial charge is 0.345 e. The van der Waals surface area contributed by atoms with Gasteiger partial charge in [0.1, 0.15) is 0 Å². The minimum Gasteiger partial charge on any atom is -0.345 e. The van der Waals surface area contributed by atoms with Crippen LogP contribution in [0.15, 0.2) is 52.7 Å². The Morgan fingerprint density at radius 3 is 2.45 bits per heavy atom. The Labute approximate surface area is 184 Å². The molecule has 0 unspecified atom stereocenters. The van der Waals surface area contributed by atoms with Crippen LogP contribution in [0.2, 0.25) is 10.0 Å². The SMILES string of the molecule is Cc1cccc(-c2csc(N3CCN(S(=O)(=O)c4ccc(Cl)c(Cl)c4)CC3)n2)c1. The molecule has 1 aliphatic heterocycles. The first-order valence-corrected chi connectivity index (χ1v) is 12.1. The van der Waals surface area contributed by atoms with Gasteiger partial charge in [-0.3, -0.25) is 0 Å². The van der Waals surface area contributed by atoms with Gasteiger partial charge in [0.25, 0.3) is 0 Å². The van der Waals surface area contributed by atoms with E-state index in [9.17, 15) is 8.42 Å². The molecule has 5 nitrogen and oxygen atoms in total. The van der Waals surface area contributed by atoms with E-state index in [0.29, 0.717) is 31.2 Å². The topological polar surface area (TPSA) is 53.5 Å². The summed E-state index contributed by atoms with van der Waals surface area (Å²) in [5, 5.41) is 3.53. The lowest BCUT2D eigenvalue weighted by Crippen LogP contribution is -2.48. The van der Waals surface area contributed by atoms with Crippen molar-refractivity contribution in [1.29, 1.82) is 0 Å². The second kappa shape index (κ2) is 8.24. The molecule has 0 radical (unpaired) electrons. The number of aryl methyl sites for hydroxylation is 1. The maximum absolute atomic E-state index is 12.9. The summed E-state index contributed by atoms with van der Waals surface area (Å²) in [7, 11) is -3.60. The lowest BCUT2D eigenvalue weighted by molar-refractivity contribution is 0.385. The summed E-state index contributed by atoms with van der Waals surface area (Å²) in [6, 6.07) is 12.6. The number of piperazine rings is 1. The van der Waals surface area contributed by atoms with Crippen molar-refractivity contribution in [2.45, 2.75) is 11.8 Å². The molecule has 0 aliphatic carbocycles. The van der Waals surface area contributed by atoms with Gasteiger partial charge in [0, 0.05) is 37.1 Å². The highest BCUT2D eigenvalue weighted by Gasteiger charge is 2.29. The summed E-state index contributed by atoms with van der Waals surface area (Å²) in [6.07, 6.45) is 0. The van der Waals surface area contributed by atoms with Gasteiger partial charge in [-0.05, 0) is 31.2 Å². The van der Waals surface area contributed by atoms with Crippen molar-refractivity contribution in [3.8, 4) is 11.3 Å². The Kier molecular flexibility index (Phi) is 5.86. The summed E-state index contributed by atoms with van der Waals surface area (Å²) in [6.45, 7) is 4.01. The molecular weight excluding hydrogens is 449 g/mol. The Morgan fingerprint density at radius 2 is 1.76 bits per heavy atom. The van der Waals surface area contributed by atoms with E-state index < -0.39 is 10.0 Å². The monoisotopic (exact) mass is 467 g/mol. The number of aromatic nitrogens is 1. The number of halogens is 2. The van der Waals surface area contributed by atoms with Crippen LogP contribution in [0, 0.1) is 6.92 Å². The smallest absolute Gasteiger partial charge is 0.243 e. The van der Waals surface area contributed by atoms with Gasteiger partial charge in [-0.1, -0.05) is 47.0 Å². The fourth-order valence-electron chi connectivity index (χ4n) is 3.25. The molecule has 0 spiro atoms. The van der Waals surface area contributed by atoms with Gasteiger partial charge < -0.3 is 4.90 Å². The van der Waals surface area contributed by atoms with E-state index >= 15 is 0 Å². The highest BCUT2D eigenvalue weighted by Crippen LogP contribution is 2.30. The number of thiazole rings is 1. The van der Waals surface area contributed by atoms with E-state index in [0.717, 1.165) is 16.4 Å². The van der Waals surface area contributed by atoms with Gasteiger partial charge in [-0.15, -0.1) is 11.3 Å². The van der Waals surface area contributed by atoms with Crippen molar-refractivity contribution in [2.75, 3.05) is 31.1 Å². The summed E-state index contributed by atoms with van der Waals surface area (Å²) >= 11 is 13.5. The molecule has 0 saturated carbocycles. The van der Waals surface area contributed by atoms with Gasteiger partial charge in [-0.2, -0.15) is 4.31 Å². The Hall–Kier alpha value is -1.64. The zero-order chi connectivity index (χ0) is 20.6. The Balaban J connectivity index is 1.46. The molecule has 1 saturated heterocycles. The van der Waals surface area contributed by atoms with Crippen LogP contribution in [0.4, 0.5) is 5.13 Å². The maximum Gasteiger partial charge on any atom is 0.243 e. The van der Waals surface area contributed by atoms with Crippen LogP contribution in [0.1, 0.15) is 5.56 Å². The third kappa shape index (κ3) is 4.29. The molecule has 1 fully saturated rings. The zero-order valence-corrected chi connectivity index (χ0v) is 18.8. The van der Waals surface area contributed by atoms with Gasteiger partial charge in [0.15, 0.2) is 5.13 Å². The standard InChI is InChI=1S/C20H19Cl2N3O2S2/c1-14-3-2-4-15(11-14)19-13-28-20(23-19)24-7-9-25(10-8-24)29(26,27)16-5-6-17(21)18(22)12-16/h2-6,11-13H,7-10H2,1H3. The number of sulfonamides is 1. The molecule has 0 amide bonds. The number of benzene rings is 2. The maximum atomic E-state index is 12.9. The predicted octanol–water partition coefficient (Wildman–Crippen LogP) is 4.94. The molecule has 2 aromatic carbocycles. The average molecular weight is 468 g/mol. The quantitative estimate of drug-likeness (QED) is 0.545. The molecule has 0 bridgehead atoms. The molecule has 9 heteroatoms. The molecule has 152 valence electrons. The lowest BCUT2D eigenvalue weighted by atomic mass is 10.1. The lowest BCUT2D eigenvalue weighted by Gasteiger charge is -2.33. The van der Waals surface area contributed by atoms with Crippen LogP contribution in [-0.2, 0) is 10.0 Å². The fraction of sp³-hybridized carbons (Fsp3) is 0.250. The van der Waals surface area contributed by atoms with E-state index in [4.69, 9.17) is 28.2 Å². The Bertz CT molecular complexity index is 1140. The van der Waals surface area contributed by atoms with Gasteiger partial charge in [0.05, 0.1) is 20.6 Å². The first-order valence-electron chi connectivity index (χ1n) is 9.07. The predicted molar refractivity (Wildman–Crippen MR) is 120 cm³/mol. The van der Waals surface area contributed by atoms with Crippen LogP contribution < -0.4 is 4.90 Å². The second-order valence-corrected chi connectivity index (χ2v) is 10.4. The van der Waals surface area contributed by atoms with Crippen LogP contribution >= 0.6 is 34.5 Å². The normalized spacial score (nSPS) is 15.6. The third-order valence-corrected chi connectivity index (χ3v) is 8.38. The fourth-order valence-corrected chi connectivity index (χ4v) is 5.95. The molecule has 0 N–H and O–H groups in total. The summed E-state index contributed by atoms with van der Waals surface area (Å²) in [5.74, 6) is 0. The summed E-state index contributed by atoms with van der Waals surface area (Å²) < 4.78 is 27.3. The summed E-state index contributed by atoms with van der Waals surface area (Å²) in [5.41, 5.74) is 3.23. The molecule has 2 heterocycles. The molecular formula is C20H19Cl2N3O2S2. The molecule has 4 rings (SSSR count). The first kappa shape index (κ1) is 20.6. The molecule has 0 atom stereocenters. The highest BCUT2D eigenvalue weighted by molar-refractivity contribution is 7.89. The first-order chi connectivity index (χ1) is 13.8. The molecule has 3 aromatic rings. The van der Waals surface area contributed by atoms with Gasteiger partial charge in [-0.25, -0.2) is 13.4 Å². The van der Waals surface area contributed by atoms with E-state index in [-0.39, 0.29) is 9.92 Å². The van der Waals surface area contributed by atoms with E-state index in [1.54, 1.807) is 11.3 Å². The second-order valence-electron chi connectivity index (χ2n) is 6.85. The molecule has 1 aromatic heterocycles. The van der Waals surface area contributed by atoms with Crippen molar-refractivity contribution in [3.63, 3.8) is 0 Å². The van der Waals surface area contributed by atoms with Gasteiger partial charge >= 0.3 is 0 Å². The van der Waals surface area contributed by atoms with Gasteiger partial charge in [0.2, 0.25) is 10.0 Å². The van der Waals surface area contributed by atoms with Crippen molar-refractivity contribution in [2.24, 2.45) is 0 Å². The van der Waals surface area contributed by atoms with Crippen LogP contribution in [0.3, 0.4) is 0 Å². The summed E-state index contributed by atoms with van der Waals surface area (Å²) in [4.78, 5) is 7.05. The third-order valence-electron chi connectivity index (χ3n) is 4.84. The van der Waals surface area contributed by atoms with E-state index in [2.05, 4.69) is 24.0 Å². The number of anilines is 1. The average Bonchev–Trinajstić information content (AvgIpc) is 3.20. The Morgan fingerprint density at radius 1 is 1.00 bits per heavy atom. The zero-order valence-electron chi connectivity index (χ0n) is 15.7. The number of nitrogens with zero attached hydrogens (tertiary/aromatic N) is 3. The van der Waals surface area contributed by atoms with Crippen molar-refractivity contribution < 1.29 is 8.42 Å². The minimum absolute atomic E-state index is 0.163. The molecule has 29 heavy (non-hydrogen) atoms. The van der Waals surface area contributed by atoms with Crippen molar-refractivity contribution >= 4 is 49.7 Å². The molecule has 1 aliphatic rings. The van der Waals surface area contributed by atoms with Crippen molar-refractivity contribution in [3.05, 3.63) is 63.5 Å². The number of rotatable bonds is 4. The van der Waals surface area contributed by atoms with E-state index in [1.165, 1.54) is 28.1 Å². The van der Waals surface area contributed by atoms with Crippen LogP contribution in [0.25, 0.3) is 11.3 Å². The van der Waals surface area contributed by atoms with Crippen LogP contribution in [-0.4, -0.2) is 43.9 Å². The minimum atomic E-state index is -3.60. The number of hydrogen-bond donors (Lipinski definition) is 0. The number of hydrogen-bond acceptors (Lipinski definition) is 5. The van der Waals surface area contributed by atoms with Crippen LogP contribution in [0.5, 0.6) is 0 Å². The van der Waals surface area contributed by atoms with Crippen molar-refractivity contribution in [1.82, 2.24) is 9.29 Å². The highest BCUT2D eigenvalue weighted by atomic mass is 35.5. The van der Waals surface area contributed by atoms with E-state index in [1.807, 2.05) is 17.5 Å².